The van der Waals surface area contributed by atoms with Crippen LogP contribution in [0.2, 0.25) is 0 Å². The first-order valence-electron chi connectivity index (χ1n) is 13.1. The van der Waals surface area contributed by atoms with Gasteiger partial charge in [0.05, 0.1) is 23.3 Å². The van der Waals surface area contributed by atoms with E-state index in [1.54, 1.807) is 49.3 Å². The van der Waals surface area contributed by atoms with Gasteiger partial charge < -0.3 is 19.7 Å². The molecular weight excluding hydrogens is 551 g/mol. The molecule has 2 heterocycles. The van der Waals surface area contributed by atoms with E-state index >= 15 is 0 Å². The van der Waals surface area contributed by atoms with Crippen molar-refractivity contribution in [1.29, 1.82) is 0 Å². The minimum atomic E-state index is -4.46. The first kappa shape index (κ1) is 28.4. The predicted molar refractivity (Wildman–Crippen MR) is 154 cm³/mol. The van der Waals surface area contributed by atoms with Crippen molar-refractivity contribution < 1.29 is 27.4 Å². The smallest absolute Gasteiger partial charge is 0.416 e. The number of benzene rings is 3. The van der Waals surface area contributed by atoms with E-state index in [2.05, 4.69) is 15.2 Å². The largest absolute Gasteiger partial charge is 0.497 e. The van der Waals surface area contributed by atoms with Crippen LogP contribution in [0, 0.1) is 0 Å². The Morgan fingerprint density at radius 1 is 0.951 bits per heavy atom. The molecular formula is C31H28F3N3O3S. The second kappa shape index (κ2) is 12.6. The van der Waals surface area contributed by atoms with Crippen LogP contribution >= 0.6 is 11.8 Å². The highest BCUT2D eigenvalue weighted by atomic mass is 32.2. The number of thioether (sulfide) groups is 1. The molecule has 6 nitrogen and oxygen atoms in total. The Morgan fingerprint density at radius 2 is 1.66 bits per heavy atom. The zero-order chi connectivity index (χ0) is 28.8. The predicted octanol–water partition coefficient (Wildman–Crippen LogP) is 8.05. The maximum atomic E-state index is 13.4. The van der Waals surface area contributed by atoms with Gasteiger partial charge in [-0.15, -0.1) is 11.8 Å². The lowest BCUT2D eigenvalue weighted by molar-refractivity contribution is -0.137. The SMILES string of the molecule is COc1ccc(CSc2c(N3CCCC3)ccnc2C(=O)Nc2ccc(Oc3cccc(C(F)(F)F)c3)cc2)cc1. The van der Waals surface area contributed by atoms with E-state index in [-0.39, 0.29) is 11.7 Å². The number of aromatic nitrogens is 1. The molecule has 5 rings (SSSR count). The average molecular weight is 580 g/mol. The summed E-state index contributed by atoms with van der Waals surface area (Å²) in [6, 6.07) is 20.9. The van der Waals surface area contributed by atoms with Gasteiger partial charge in [-0.2, -0.15) is 13.2 Å². The van der Waals surface area contributed by atoms with Gasteiger partial charge in [0.15, 0.2) is 0 Å². The molecule has 0 atom stereocenters. The summed E-state index contributed by atoms with van der Waals surface area (Å²) in [7, 11) is 1.63. The van der Waals surface area contributed by atoms with Crippen LogP contribution < -0.4 is 19.7 Å². The molecule has 0 saturated carbocycles. The molecule has 1 aliphatic rings. The zero-order valence-corrected chi connectivity index (χ0v) is 23.1. The molecule has 0 aliphatic carbocycles. The van der Waals surface area contributed by atoms with E-state index in [0.29, 0.717) is 22.9 Å². The number of nitrogens with zero attached hydrogens (tertiary/aromatic N) is 2. The minimum absolute atomic E-state index is 0.0677. The van der Waals surface area contributed by atoms with Crippen LogP contribution in [-0.2, 0) is 11.9 Å². The molecule has 3 aromatic carbocycles. The van der Waals surface area contributed by atoms with Crippen molar-refractivity contribution in [3.63, 3.8) is 0 Å². The van der Waals surface area contributed by atoms with Crippen molar-refractivity contribution in [2.75, 3.05) is 30.4 Å². The molecule has 1 amide bonds. The third-order valence-electron chi connectivity index (χ3n) is 6.60. The molecule has 1 N–H and O–H groups in total. The van der Waals surface area contributed by atoms with E-state index < -0.39 is 11.7 Å². The van der Waals surface area contributed by atoms with E-state index in [9.17, 15) is 18.0 Å². The molecule has 41 heavy (non-hydrogen) atoms. The molecule has 1 aromatic heterocycles. The fourth-order valence-corrected chi connectivity index (χ4v) is 5.63. The maximum absolute atomic E-state index is 13.4. The number of ether oxygens (including phenoxy) is 2. The molecule has 0 radical (unpaired) electrons. The van der Waals surface area contributed by atoms with Gasteiger partial charge in [-0.25, -0.2) is 4.98 Å². The van der Waals surface area contributed by atoms with Gasteiger partial charge in [0.2, 0.25) is 0 Å². The fourth-order valence-electron chi connectivity index (χ4n) is 4.49. The number of hydrogen-bond donors (Lipinski definition) is 1. The van der Waals surface area contributed by atoms with Crippen molar-refractivity contribution >= 4 is 29.0 Å². The quantitative estimate of drug-likeness (QED) is 0.203. The number of nitrogens with one attached hydrogen (secondary N) is 1. The second-order valence-corrected chi connectivity index (χ2v) is 10.4. The number of anilines is 2. The normalized spacial score (nSPS) is 13.2. The molecule has 1 fully saturated rings. The molecule has 10 heteroatoms. The van der Waals surface area contributed by atoms with E-state index in [0.717, 1.165) is 60.0 Å². The standard InChI is InChI=1S/C31H28F3N3O3S/c1-39-24-11-7-21(8-12-24)20-41-29-27(37-17-2-3-18-37)15-16-35-28(29)30(38)36-23-9-13-25(14-10-23)40-26-6-4-5-22(19-26)31(32,33)34/h4-16,19H,2-3,17-18,20H2,1H3,(H,36,38). The van der Waals surface area contributed by atoms with E-state index in [4.69, 9.17) is 9.47 Å². The lowest BCUT2D eigenvalue weighted by Crippen LogP contribution is -2.21. The Hall–Kier alpha value is -4.18. The molecule has 212 valence electrons. The molecule has 0 spiro atoms. The van der Waals surface area contributed by atoms with E-state index in [1.807, 2.05) is 30.3 Å². The Bertz CT molecular complexity index is 1490. The van der Waals surface area contributed by atoms with Crippen LogP contribution in [0.1, 0.15) is 34.5 Å². The molecule has 0 unspecified atom stereocenters. The van der Waals surface area contributed by atoms with Crippen molar-refractivity contribution in [2.45, 2.75) is 29.7 Å². The highest BCUT2D eigenvalue weighted by molar-refractivity contribution is 7.98. The van der Waals surface area contributed by atoms with Crippen LogP contribution in [0.15, 0.2) is 90.0 Å². The fraction of sp³-hybridized carbons (Fsp3) is 0.226. The maximum Gasteiger partial charge on any atom is 0.416 e. The molecule has 0 bridgehead atoms. The van der Waals surface area contributed by atoms with Crippen LogP contribution in [0.25, 0.3) is 0 Å². The van der Waals surface area contributed by atoms with Crippen LogP contribution in [-0.4, -0.2) is 31.1 Å². The monoisotopic (exact) mass is 579 g/mol. The van der Waals surface area contributed by atoms with E-state index in [1.165, 1.54) is 12.1 Å². The van der Waals surface area contributed by atoms with Gasteiger partial charge in [0.1, 0.15) is 22.9 Å². The number of carbonyl (C=O) groups is 1. The average Bonchev–Trinajstić information content (AvgIpc) is 3.52. The number of hydrogen-bond acceptors (Lipinski definition) is 6. The summed E-state index contributed by atoms with van der Waals surface area (Å²) in [6.07, 6.45) is -0.603. The number of carbonyl (C=O) groups excluding carboxylic acids is 1. The van der Waals surface area contributed by atoms with Gasteiger partial charge in [-0.1, -0.05) is 18.2 Å². The van der Waals surface area contributed by atoms with Crippen molar-refractivity contribution in [1.82, 2.24) is 4.98 Å². The number of amides is 1. The summed E-state index contributed by atoms with van der Waals surface area (Å²) in [5, 5.41) is 2.90. The number of halogens is 3. The minimum Gasteiger partial charge on any atom is -0.497 e. The van der Waals surface area contributed by atoms with Gasteiger partial charge in [0, 0.05) is 30.7 Å². The number of alkyl halides is 3. The summed E-state index contributed by atoms with van der Waals surface area (Å²) in [4.78, 5) is 21.0. The number of rotatable bonds is 9. The number of methoxy groups -OCH3 is 1. The second-order valence-electron chi connectivity index (χ2n) is 9.44. The molecule has 4 aromatic rings. The van der Waals surface area contributed by atoms with Gasteiger partial charge in [-0.05, 0) is 79.1 Å². The summed E-state index contributed by atoms with van der Waals surface area (Å²) in [5.41, 5.74) is 2.13. The highest BCUT2D eigenvalue weighted by Crippen LogP contribution is 2.37. The lowest BCUT2D eigenvalue weighted by Gasteiger charge is -2.22. The highest BCUT2D eigenvalue weighted by Gasteiger charge is 2.30. The molecule has 1 aliphatic heterocycles. The third-order valence-corrected chi connectivity index (χ3v) is 7.77. The Morgan fingerprint density at radius 3 is 2.34 bits per heavy atom. The first-order chi connectivity index (χ1) is 19.8. The van der Waals surface area contributed by atoms with Gasteiger partial charge in [0.25, 0.3) is 5.91 Å². The zero-order valence-electron chi connectivity index (χ0n) is 22.3. The topological polar surface area (TPSA) is 63.7 Å². The van der Waals surface area contributed by atoms with Crippen LogP contribution in [0.4, 0.5) is 24.5 Å². The van der Waals surface area contributed by atoms with Gasteiger partial charge in [-0.3, -0.25) is 4.79 Å². The van der Waals surface area contributed by atoms with Crippen molar-refractivity contribution in [2.24, 2.45) is 0 Å². The Balaban J connectivity index is 1.32. The van der Waals surface area contributed by atoms with Crippen molar-refractivity contribution in [3.05, 3.63) is 102 Å². The van der Waals surface area contributed by atoms with Crippen LogP contribution in [0.3, 0.4) is 0 Å². The number of pyridine rings is 1. The summed E-state index contributed by atoms with van der Waals surface area (Å²) in [5.74, 6) is 1.49. The third kappa shape index (κ3) is 7.13. The summed E-state index contributed by atoms with van der Waals surface area (Å²) >= 11 is 1.57. The Labute approximate surface area is 240 Å². The molecule has 1 saturated heterocycles. The lowest BCUT2D eigenvalue weighted by atomic mass is 10.2. The van der Waals surface area contributed by atoms with Gasteiger partial charge >= 0.3 is 6.18 Å². The van der Waals surface area contributed by atoms with Crippen molar-refractivity contribution in [3.8, 4) is 17.2 Å². The van der Waals surface area contributed by atoms with Crippen LogP contribution in [0.5, 0.6) is 17.2 Å². The summed E-state index contributed by atoms with van der Waals surface area (Å²) in [6.45, 7) is 1.85. The Kier molecular flexibility index (Phi) is 8.68. The first-order valence-corrected chi connectivity index (χ1v) is 14.0. The summed E-state index contributed by atoms with van der Waals surface area (Å²) < 4.78 is 49.9.